The van der Waals surface area contributed by atoms with Crippen LogP contribution in [0.1, 0.15) is 11.1 Å². The lowest BCUT2D eigenvalue weighted by Crippen LogP contribution is -2.45. The minimum Gasteiger partial charge on any atom is -0.497 e. The highest BCUT2D eigenvalue weighted by Gasteiger charge is 2.17. The molecule has 122 valence electrons. The molecule has 0 unspecified atom stereocenters. The topological polar surface area (TPSA) is 15.7 Å². The van der Waals surface area contributed by atoms with Gasteiger partial charge in [-0.2, -0.15) is 0 Å². The number of hydrogen-bond donors (Lipinski definition) is 0. The van der Waals surface area contributed by atoms with Gasteiger partial charge in [-0.3, -0.25) is 9.80 Å². The number of nitrogens with zero attached hydrogens (tertiary/aromatic N) is 2. The fourth-order valence-corrected chi connectivity index (χ4v) is 3.11. The number of piperazine rings is 1. The summed E-state index contributed by atoms with van der Waals surface area (Å²) in [7, 11) is 1.72. The molecule has 3 rings (SSSR count). The third kappa shape index (κ3) is 4.71. The highest BCUT2D eigenvalue weighted by Crippen LogP contribution is 2.16. The van der Waals surface area contributed by atoms with Crippen LogP contribution in [-0.2, 0) is 13.1 Å². The molecule has 0 N–H and O–H groups in total. The molecule has 0 radical (unpaired) electrons. The molecule has 1 heterocycles. The number of rotatable bonds is 5. The van der Waals surface area contributed by atoms with E-state index in [-0.39, 0.29) is 0 Å². The Labute approximate surface area is 143 Å². The normalized spacial score (nSPS) is 16.4. The summed E-state index contributed by atoms with van der Waals surface area (Å²) in [5.41, 5.74) is 2.64. The van der Waals surface area contributed by atoms with Crippen LogP contribution in [0.3, 0.4) is 0 Å². The SMILES string of the molecule is COc1cccc(CN2CCN(Cc3ccc(Cl)cc3)CC2)c1. The molecule has 1 saturated heterocycles. The van der Waals surface area contributed by atoms with Gasteiger partial charge in [-0.25, -0.2) is 0 Å². The average Bonchev–Trinajstić information content (AvgIpc) is 2.59. The summed E-state index contributed by atoms with van der Waals surface area (Å²) in [5, 5.41) is 0.803. The highest BCUT2D eigenvalue weighted by atomic mass is 35.5. The number of halogens is 1. The second kappa shape index (κ2) is 7.82. The van der Waals surface area contributed by atoms with Gasteiger partial charge in [0.1, 0.15) is 5.75 Å². The molecule has 0 aliphatic carbocycles. The first kappa shape index (κ1) is 16.3. The van der Waals surface area contributed by atoms with Gasteiger partial charge in [0.25, 0.3) is 0 Å². The van der Waals surface area contributed by atoms with Crippen molar-refractivity contribution in [1.82, 2.24) is 9.80 Å². The van der Waals surface area contributed by atoms with Gasteiger partial charge in [0, 0.05) is 44.3 Å². The van der Waals surface area contributed by atoms with Gasteiger partial charge in [0.15, 0.2) is 0 Å². The van der Waals surface area contributed by atoms with Gasteiger partial charge in [-0.1, -0.05) is 35.9 Å². The Hall–Kier alpha value is -1.55. The highest BCUT2D eigenvalue weighted by molar-refractivity contribution is 6.30. The van der Waals surface area contributed by atoms with Crippen molar-refractivity contribution in [1.29, 1.82) is 0 Å². The van der Waals surface area contributed by atoms with Crippen molar-refractivity contribution in [2.45, 2.75) is 13.1 Å². The van der Waals surface area contributed by atoms with E-state index in [1.807, 2.05) is 18.2 Å². The summed E-state index contributed by atoms with van der Waals surface area (Å²) in [6, 6.07) is 16.5. The van der Waals surface area contributed by atoms with E-state index in [4.69, 9.17) is 16.3 Å². The van der Waals surface area contributed by atoms with Crippen LogP contribution in [0.15, 0.2) is 48.5 Å². The molecule has 2 aromatic rings. The smallest absolute Gasteiger partial charge is 0.119 e. The quantitative estimate of drug-likeness (QED) is 0.832. The molecule has 0 amide bonds. The predicted octanol–water partition coefficient (Wildman–Crippen LogP) is 3.67. The molecule has 0 saturated carbocycles. The van der Waals surface area contributed by atoms with Gasteiger partial charge < -0.3 is 4.74 Å². The summed E-state index contributed by atoms with van der Waals surface area (Å²) < 4.78 is 5.30. The second-order valence-corrected chi connectivity index (χ2v) is 6.47. The molecular weight excluding hydrogens is 308 g/mol. The molecule has 0 bridgehead atoms. The van der Waals surface area contributed by atoms with Crippen LogP contribution in [0.5, 0.6) is 5.75 Å². The molecule has 1 fully saturated rings. The van der Waals surface area contributed by atoms with Crippen molar-refractivity contribution in [3.05, 3.63) is 64.7 Å². The fraction of sp³-hybridized carbons (Fsp3) is 0.368. The Morgan fingerprint density at radius 2 is 1.48 bits per heavy atom. The monoisotopic (exact) mass is 330 g/mol. The molecule has 4 heteroatoms. The fourth-order valence-electron chi connectivity index (χ4n) is 2.98. The summed E-state index contributed by atoms with van der Waals surface area (Å²) in [5.74, 6) is 0.934. The lowest BCUT2D eigenvalue weighted by atomic mass is 10.1. The van der Waals surface area contributed by atoms with E-state index in [9.17, 15) is 0 Å². The van der Waals surface area contributed by atoms with Crippen molar-refractivity contribution in [2.75, 3.05) is 33.3 Å². The zero-order valence-corrected chi connectivity index (χ0v) is 14.3. The third-order valence-electron chi connectivity index (χ3n) is 4.32. The lowest BCUT2D eigenvalue weighted by molar-refractivity contribution is 0.122. The Balaban J connectivity index is 1.49. The average molecular weight is 331 g/mol. The zero-order valence-electron chi connectivity index (χ0n) is 13.5. The Bertz CT molecular complexity index is 622. The van der Waals surface area contributed by atoms with Crippen LogP contribution in [0.25, 0.3) is 0 Å². The minimum atomic E-state index is 0.803. The van der Waals surface area contributed by atoms with Gasteiger partial charge in [-0.15, -0.1) is 0 Å². The van der Waals surface area contributed by atoms with Crippen molar-refractivity contribution < 1.29 is 4.74 Å². The lowest BCUT2D eigenvalue weighted by Gasteiger charge is -2.34. The van der Waals surface area contributed by atoms with Crippen molar-refractivity contribution in [3.8, 4) is 5.75 Å². The van der Waals surface area contributed by atoms with E-state index in [0.29, 0.717) is 0 Å². The molecule has 0 aromatic heterocycles. The Kier molecular flexibility index (Phi) is 5.55. The summed E-state index contributed by atoms with van der Waals surface area (Å²) in [6.07, 6.45) is 0. The number of benzene rings is 2. The van der Waals surface area contributed by atoms with Crippen LogP contribution < -0.4 is 4.74 Å². The first-order chi connectivity index (χ1) is 11.2. The van der Waals surface area contributed by atoms with E-state index in [1.165, 1.54) is 11.1 Å². The largest absolute Gasteiger partial charge is 0.497 e. The van der Waals surface area contributed by atoms with E-state index in [1.54, 1.807) is 7.11 Å². The van der Waals surface area contributed by atoms with Gasteiger partial charge in [-0.05, 0) is 35.4 Å². The van der Waals surface area contributed by atoms with Crippen LogP contribution in [0, 0.1) is 0 Å². The van der Waals surface area contributed by atoms with Crippen LogP contribution in [-0.4, -0.2) is 43.1 Å². The number of methoxy groups -OCH3 is 1. The molecule has 3 nitrogen and oxygen atoms in total. The van der Waals surface area contributed by atoms with E-state index in [2.05, 4.69) is 40.1 Å². The van der Waals surface area contributed by atoms with Crippen LogP contribution in [0.2, 0.25) is 5.02 Å². The molecule has 0 atom stereocenters. The summed E-state index contributed by atoms with van der Waals surface area (Å²) in [6.45, 7) is 6.41. The standard InChI is InChI=1S/C19H23ClN2O/c1-23-19-4-2-3-17(13-19)15-22-11-9-21(10-12-22)14-16-5-7-18(20)8-6-16/h2-8,13H,9-12,14-15H2,1H3. The zero-order chi connectivity index (χ0) is 16.1. The van der Waals surface area contributed by atoms with Crippen molar-refractivity contribution in [2.24, 2.45) is 0 Å². The third-order valence-corrected chi connectivity index (χ3v) is 4.58. The second-order valence-electron chi connectivity index (χ2n) is 6.03. The van der Waals surface area contributed by atoms with Crippen LogP contribution in [0.4, 0.5) is 0 Å². The Morgan fingerprint density at radius 1 is 0.870 bits per heavy atom. The van der Waals surface area contributed by atoms with E-state index >= 15 is 0 Å². The predicted molar refractivity (Wildman–Crippen MR) is 95.0 cm³/mol. The minimum absolute atomic E-state index is 0.803. The molecule has 23 heavy (non-hydrogen) atoms. The number of hydrogen-bond acceptors (Lipinski definition) is 3. The first-order valence-electron chi connectivity index (χ1n) is 8.05. The van der Waals surface area contributed by atoms with Crippen LogP contribution >= 0.6 is 11.6 Å². The maximum absolute atomic E-state index is 5.94. The molecule has 2 aromatic carbocycles. The molecule has 1 aliphatic rings. The molecule has 1 aliphatic heterocycles. The van der Waals surface area contributed by atoms with E-state index < -0.39 is 0 Å². The maximum Gasteiger partial charge on any atom is 0.119 e. The summed E-state index contributed by atoms with van der Waals surface area (Å²) >= 11 is 5.94. The Morgan fingerprint density at radius 3 is 2.09 bits per heavy atom. The first-order valence-corrected chi connectivity index (χ1v) is 8.43. The number of ether oxygens (including phenoxy) is 1. The van der Waals surface area contributed by atoms with Gasteiger partial charge in [0.05, 0.1) is 7.11 Å². The molecular formula is C19H23ClN2O. The maximum atomic E-state index is 5.94. The van der Waals surface area contributed by atoms with Crippen molar-refractivity contribution >= 4 is 11.6 Å². The van der Waals surface area contributed by atoms with Crippen molar-refractivity contribution in [3.63, 3.8) is 0 Å². The van der Waals surface area contributed by atoms with E-state index in [0.717, 1.165) is 50.0 Å². The van der Waals surface area contributed by atoms with Gasteiger partial charge in [0.2, 0.25) is 0 Å². The molecule has 0 spiro atoms. The summed E-state index contributed by atoms with van der Waals surface area (Å²) in [4.78, 5) is 5.01. The van der Waals surface area contributed by atoms with Gasteiger partial charge >= 0.3 is 0 Å².